The Kier molecular flexibility index (Phi) is 3.84. The predicted molar refractivity (Wildman–Crippen MR) is 79.0 cm³/mol. The van der Waals surface area contributed by atoms with Crippen molar-refractivity contribution in [3.63, 3.8) is 0 Å². The van der Waals surface area contributed by atoms with Gasteiger partial charge in [-0.05, 0) is 57.3 Å². The standard InChI is InChI=1S/C16H26N2O3/c1-16(14(19)20,12-8-9-12)17-15(21)18-10-4-6-11-5-2-3-7-13(11)18/h11-13H,2-10H2,1H3,(H,17,21)(H,19,20)/t11-,13-,16?/m1/s1. The van der Waals surface area contributed by atoms with Crippen molar-refractivity contribution >= 4 is 12.0 Å². The lowest BCUT2D eigenvalue weighted by Crippen LogP contribution is -2.61. The Hall–Kier alpha value is -1.26. The molecule has 3 rings (SSSR count). The maximum absolute atomic E-state index is 12.7. The summed E-state index contributed by atoms with van der Waals surface area (Å²) in [6.45, 7) is 2.43. The van der Waals surface area contributed by atoms with E-state index in [1.165, 1.54) is 25.7 Å². The summed E-state index contributed by atoms with van der Waals surface area (Å²) in [5, 5.41) is 12.3. The largest absolute Gasteiger partial charge is 0.480 e. The molecule has 2 saturated carbocycles. The van der Waals surface area contributed by atoms with Crippen LogP contribution in [0, 0.1) is 11.8 Å². The fraction of sp³-hybridized carbons (Fsp3) is 0.875. The lowest BCUT2D eigenvalue weighted by molar-refractivity contribution is -0.144. The number of piperidine rings is 1. The van der Waals surface area contributed by atoms with Gasteiger partial charge in [-0.2, -0.15) is 0 Å². The van der Waals surface area contributed by atoms with Gasteiger partial charge in [-0.25, -0.2) is 9.59 Å². The van der Waals surface area contributed by atoms with Crippen LogP contribution in [0.5, 0.6) is 0 Å². The van der Waals surface area contributed by atoms with E-state index in [4.69, 9.17) is 0 Å². The first-order valence-corrected chi connectivity index (χ1v) is 8.34. The minimum atomic E-state index is -1.10. The summed E-state index contributed by atoms with van der Waals surface area (Å²) in [6.07, 6.45) is 8.80. The van der Waals surface area contributed by atoms with Crippen LogP contribution in [-0.4, -0.2) is 40.1 Å². The number of rotatable bonds is 3. The van der Waals surface area contributed by atoms with Gasteiger partial charge in [-0.15, -0.1) is 0 Å². The van der Waals surface area contributed by atoms with Crippen LogP contribution in [0.4, 0.5) is 4.79 Å². The van der Waals surface area contributed by atoms with Crippen LogP contribution >= 0.6 is 0 Å². The molecule has 5 heteroatoms. The van der Waals surface area contributed by atoms with Crippen molar-refractivity contribution in [2.75, 3.05) is 6.54 Å². The SMILES string of the molecule is CC(NC(=O)N1CCC[C@H]2CCCC[C@H]21)(C(=O)O)C1CC1. The molecule has 1 aliphatic heterocycles. The first-order chi connectivity index (χ1) is 10.0. The number of hydrogen-bond donors (Lipinski definition) is 2. The van der Waals surface area contributed by atoms with Crippen molar-refractivity contribution in [1.29, 1.82) is 0 Å². The molecular formula is C16H26N2O3. The third-order valence-electron chi connectivity index (χ3n) is 5.71. The number of fused-ring (bicyclic) bond motifs is 1. The fourth-order valence-corrected chi connectivity index (χ4v) is 4.16. The Morgan fingerprint density at radius 2 is 1.76 bits per heavy atom. The third-order valence-corrected chi connectivity index (χ3v) is 5.71. The summed E-state index contributed by atoms with van der Waals surface area (Å²) in [4.78, 5) is 26.2. The first kappa shape index (κ1) is 14.7. The van der Waals surface area contributed by atoms with Gasteiger partial charge in [0.05, 0.1) is 0 Å². The molecule has 0 aromatic heterocycles. The van der Waals surface area contributed by atoms with Gasteiger partial charge in [0.15, 0.2) is 0 Å². The molecule has 3 fully saturated rings. The van der Waals surface area contributed by atoms with Crippen LogP contribution in [0.2, 0.25) is 0 Å². The fourth-order valence-electron chi connectivity index (χ4n) is 4.16. The molecule has 2 amide bonds. The monoisotopic (exact) mass is 294 g/mol. The number of likely N-dealkylation sites (tertiary alicyclic amines) is 1. The van der Waals surface area contributed by atoms with Crippen molar-refractivity contribution in [3.8, 4) is 0 Å². The van der Waals surface area contributed by atoms with Crippen molar-refractivity contribution in [1.82, 2.24) is 10.2 Å². The molecule has 0 aromatic rings. The molecule has 3 atom stereocenters. The molecule has 0 radical (unpaired) electrons. The zero-order chi connectivity index (χ0) is 15.0. The van der Waals surface area contributed by atoms with Crippen molar-refractivity contribution in [3.05, 3.63) is 0 Å². The third kappa shape index (κ3) is 2.74. The average molecular weight is 294 g/mol. The molecule has 0 aromatic carbocycles. The maximum atomic E-state index is 12.7. The molecule has 2 aliphatic carbocycles. The number of urea groups is 1. The number of nitrogens with one attached hydrogen (secondary N) is 1. The molecule has 21 heavy (non-hydrogen) atoms. The van der Waals surface area contributed by atoms with Crippen molar-refractivity contribution in [2.45, 2.75) is 69.9 Å². The Morgan fingerprint density at radius 1 is 1.10 bits per heavy atom. The summed E-state index contributed by atoms with van der Waals surface area (Å²) in [6, 6.07) is 0.160. The molecular weight excluding hydrogens is 268 g/mol. The molecule has 0 bridgehead atoms. The number of carboxylic acid groups (broad SMARTS) is 1. The van der Waals surface area contributed by atoms with Gasteiger partial charge in [0.1, 0.15) is 5.54 Å². The highest BCUT2D eigenvalue weighted by Crippen LogP contribution is 2.40. The van der Waals surface area contributed by atoms with E-state index in [9.17, 15) is 14.7 Å². The van der Waals surface area contributed by atoms with Crippen LogP contribution in [0.3, 0.4) is 0 Å². The number of carboxylic acids is 1. The van der Waals surface area contributed by atoms with Gasteiger partial charge in [0.25, 0.3) is 0 Å². The predicted octanol–water partition coefficient (Wildman–Crippen LogP) is 2.60. The summed E-state index contributed by atoms with van der Waals surface area (Å²) >= 11 is 0. The average Bonchev–Trinajstić information content (AvgIpc) is 3.31. The van der Waals surface area contributed by atoms with Crippen LogP contribution in [-0.2, 0) is 4.79 Å². The van der Waals surface area contributed by atoms with Gasteiger partial charge in [0, 0.05) is 12.6 Å². The lowest BCUT2D eigenvalue weighted by Gasteiger charge is -2.45. The van der Waals surface area contributed by atoms with E-state index in [1.807, 2.05) is 4.90 Å². The lowest BCUT2D eigenvalue weighted by atomic mass is 9.78. The van der Waals surface area contributed by atoms with Crippen LogP contribution < -0.4 is 5.32 Å². The van der Waals surface area contributed by atoms with Crippen LogP contribution in [0.25, 0.3) is 0 Å². The second-order valence-corrected chi connectivity index (χ2v) is 7.16. The smallest absolute Gasteiger partial charge is 0.329 e. The quantitative estimate of drug-likeness (QED) is 0.840. The van der Waals surface area contributed by atoms with Gasteiger partial charge in [-0.3, -0.25) is 0 Å². The highest BCUT2D eigenvalue weighted by atomic mass is 16.4. The molecule has 5 nitrogen and oxygen atoms in total. The van der Waals surface area contributed by atoms with Gasteiger partial charge >= 0.3 is 12.0 Å². The maximum Gasteiger partial charge on any atom is 0.329 e. The van der Waals surface area contributed by atoms with Gasteiger partial charge < -0.3 is 15.3 Å². The van der Waals surface area contributed by atoms with E-state index in [1.54, 1.807) is 6.92 Å². The molecule has 1 saturated heterocycles. The first-order valence-electron chi connectivity index (χ1n) is 8.34. The summed E-state index contributed by atoms with van der Waals surface area (Å²) in [5.41, 5.74) is -1.10. The zero-order valence-electron chi connectivity index (χ0n) is 12.8. The van der Waals surface area contributed by atoms with Crippen molar-refractivity contribution in [2.24, 2.45) is 11.8 Å². The number of carbonyl (C=O) groups excluding carboxylic acids is 1. The second-order valence-electron chi connectivity index (χ2n) is 7.16. The summed E-state index contributed by atoms with van der Waals surface area (Å²) in [7, 11) is 0. The Morgan fingerprint density at radius 3 is 2.43 bits per heavy atom. The molecule has 2 N–H and O–H groups in total. The topological polar surface area (TPSA) is 69.6 Å². The Labute approximate surface area is 126 Å². The highest BCUT2D eigenvalue weighted by Gasteiger charge is 2.49. The van der Waals surface area contributed by atoms with E-state index in [2.05, 4.69) is 5.32 Å². The molecule has 0 spiro atoms. The second kappa shape index (κ2) is 5.50. The highest BCUT2D eigenvalue weighted by molar-refractivity contribution is 5.86. The van der Waals surface area contributed by atoms with Gasteiger partial charge in [-0.1, -0.05) is 12.8 Å². The van der Waals surface area contributed by atoms with E-state index >= 15 is 0 Å². The molecule has 1 unspecified atom stereocenters. The van der Waals surface area contributed by atoms with E-state index < -0.39 is 11.5 Å². The van der Waals surface area contributed by atoms with Gasteiger partial charge in [0.2, 0.25) is 0 Å². The Balaban J connectivity index is 1.70. The normalized spacial score (nSPS) is 32.0. The number of carbonyl (C=O) groups is 2. The molecule has 3 aliphatic rings. The van der Waals surface area contributed by atoms with E-state index in [0.29, 0.717) is 12.0 Å². The van der Waals surface area contributed by atoms with Crippen LogP contribution in [0.1, 0.15) is 58.3 Å². The molecule has 1 heterocycles. The minimum absolute atomic E-state index is 0.0888. The molecule has 118 valence electrons. The number of hydrogen-bond acceptors (Lipinski definition) is 2. The van der Waals surface area contributed by atoms with Crippen LogP contribution in [0.15, 0.2) is 0 Å². The van der Waals surface area contributed by atoms with Crippen molar-refractivity contribution < 1.29 is 14.7 Å². The minimum Gasteiger partial charge on any atom is -0.480 e. The van der Waals surface area contributed by atoms with E-state index in [0.717, 1.165) is 32.2 Å². The summed E-state index contributed by atoms with van der Waals surface area (Å²) in [5.74, 6) is -0.197. The number of aliphatic carboxylic acids is 1. The zero-order valence-corrected chi connectivity index (χ0v) is 12.8. The Bertz CT molecular complexity index is 433. The van der Waals surface area contributed by atoms with E-state index in [-0.39, 0.29) is 11.9 Å². The number of amides is 2. The summed E-state index contributed by atoms with van der Waals surface area (Å²) < 4.78 is 0. The number of nitrogens with zero attached hydrogens (tertiary/aromatic N) is 1.